The number of carbonyl (C=O) groups is 1. The van der Waals surface area contributed by atoms with Gasteiger partial charge in [0.1, 0.15) is 6.33 Å². The Morgan fingerprint density at radius 3 is 2.79 bits per heavy atom. The van der Waals surface area contributed by atoms with Crippen LogP contribution >= 0.6 is 0 Å². The molecule has 0 aliphatic rings. The Kier molecular flexibility index (Phi) is 4.86. The molecule has 0 saturated heterocycles. The van der Waals surface area contributed by atoms with E-state index in [-0.39, 0.29) is 11.8 Å². The second-order valence-electron chi connectivity index (χ2n) is 5.92. The van der Waals surface area contributed by atoms with Crippen LogP contribution in [0.15, 0.2) is 55.0 Å². The van der Waals surface area contributed by atoms with Crippen molar-refractivity contribution in [1.82, 2.24) is 19.9 Å². The molecule has 0 saturated carbocycles. The van der Waals surface area contributed by atoms with Crippen LogP contribution in [-0.2, 0) is 0 Å². The first-order valence-electron chi connectivity index (χ1n) is 7.94. The zero-order valence-electron chi connectivity index (χ0n) is 13.5. The van der Waals surface area contributed by atoms with Crippen molar-refractivity contribution in [1.29, 1.82) is 0 Å². The normalized spacial score (nSPS) is 13.6. The van der Waals surface area contributed by atoms with E-state index in [1.165, 1.54) is 0 Å². The molecule has 1 amide bonds. The van der Waals surface area contributed by atoms with Crippen LogP contribution in [0, 0.1) is 0 Å². The van der Waals surface area contributed by atoms with Gasteiger partial charge in [0.15, 0.2) is 5.65 Å². The molecule has 0 radical (unpaired) electrons. The van der Waals surface area contributed by atoms with Crippen molar-refractivity contribution in [2.75, 3.05) is 6.54 Å². The number of pyridine rings is 1. The van der Waals surface area contributed by atoms with E-state index in [1.807, 2.05) is 30.3 Å². The van der Waals surface area contributed by atoms with E-state index in [1.54, 1.807) is 36.0 Å². The van der Waals surface area contributed by atoms with E-state index >= 15 is 0 Å². The summed E-state index contributed by atoms with van der Waals surface area (Å²) in [6, 6.07) is 13.4. The fraction of sp³-hybridized carbons (Fsp3) is 0.278. The number of hydrogen-bond donors (Lipinski definition) is 2. The average Bonchev–Trinajstić information content (AvgIpc) is 3.06. The van der Waals surface area contributed by atoms with E-state index < -0.39 is 6.10 Å². The van der Waals surface area contributed by atoms with Gasteiger partial charge in [-0.3, -0.25) is 9.20 Å². The van der Waals surface area contributed by atoms with Crippen LogP contribution in [0.5, 0.6) is 0 Å². The molecular formula is C18H20N4O2. The first-order valence-corrected chi connectivity index (χ1v) is 7.94. The Morgan fingerprint density at radius 2 is 2.04 bits per heavy atom. The smallest absolute Gasteiger partial charge is 0.252 e. The minimum atomic E-state index is -0.430. The zero-order valence-corrected chi connectivity index (χ0v) is 13.5. The number of aliphatic hydroxyl groups excluding tert-OH is 1. The van der Waals surface area contributed by atoms with Gasteiger partial charge in [-0.25, -0.2) is 0 Å². The second kappa shape index (κ2) is 7.23. The van der Waals surface area contributed by atoms with Crippen LogP contribution in [0.1, 0.15) is 35.2 Å². The molecule has 0 fully saturated rings. The summed E-state index contributed by atoms with van der Waals surface area (Å²) in [6.07, 6.45) is 3.43. The number of hydrogen-bond acceptors (Lipinski definition) is 4. The maximum absolute atomic E-state index is 12.4. The Morgan fingerprint density at radius 1 is 1.25 bits per heavy atom. The van der Waals surface area contributed by atoms with Gasteiger partial charge in [-0.1, -0.05) is 30.3 Å². The fourth-order valence-electron chi connectivity index (χ4n) is 2.75. The first-order chi connectivity index (χ1) is 11.6. The van der Waals surface area contributed by atoms with Crippen LogP contribution in [-0.4, -0.2) is 38.3 Å². The van der Waals surface area contributed by atoms with Crippen molar-refractivity contribution in [2.24, 2.45) is 0 Å². The summed E-state index contributed by atoms with van der Waals surface area (Å²) in [7, 11) is 0. The lowest BCUT2D eigenvalue weighted by molar-refractivity contribution is 0.0945. The van der Waals surface area contributed by atoms with Crippen molar-refractivity contribution >= 4 is 11.6 Å². The zero-order chi connectivity index (χ0) is 16.9. The maximum atomic E-state index is 12.4. The van der Waals surface area contributed by atoms with Crippen molar-refractivity contribution < 1.29 is 9.90 Å². The number of nitrogens with zero attached hydrogens (tertiary/aromatic N) is 3. The second-order valence-corrected chi connectivity index (χ2v) is 5.92. The van der Waals surface area contributed by atoms with Gasteiger partial charge in [0.25, 0.3) is 5.91 Å². The minimum absolute atomic E-state index is 0.0637. The molecule has 0 aliphatic heterocycles. The molecule has 2 atom stereocenters. The number of carbonyl (C=O) groups excluding carboxylic acids is 1. The summed E-state index contributed by atoms with van der Waals surface area (Å²) in [4.78, 5) is 12.4. The number of aromatic nitrogens is 3. The summed E-state index contributed by atoms with van der Waals surface area (Å²) in [5.41, 5.74) is 2.35. The van der Waals surface area contributed by atoms with Crippen LogP contribution in [0.4, 0.5) is 0 Å². The Bertz CT molecular complexity index is 814. The molecule has 6 nitrogen and oxygen atoms in total. The molecule has 124 valence electrons. The van der Waals surface area contributed by atoms with Crippen molar-refractivity contribution in [2.45, 2.75) is 25.4 Å². The lowest BCUT2D eigenvalue weighted by Crippen LogP contribution is -2.29. The summed E-state index contributed by atoms with van der Waals surface area (Å²) < 4.78 is 1.71. The highest BCUT2D eigenvalue weighted by molar-refractivity contribution is 5.94. The van der Waals surface area contributed by atoms with Gasteiger partial charge in [-0.2, -0.15) is 0 Å². The molecule has 2 aromatic heterocycles. The van der Waals surface area contributed by atoms with Crippen molar-refractivity contribution in [3.05, 3.63) is 66.1 Å². The molecule has 24 heavy (non-hydrogen) atoms. The quantitative estimate of drug-likeness (QED) is 0.727. The maximum Gasteiger partial charge on any atom is 0.252 e. The number of nitrogens with one attached hydrogen (secondary N) is 1. The molecule has 2 heterocycles. The van der Waals surface area contributed by atoms with Crippen LogP contribution in [0.25, 0.3) is 5.65 Å². The number of aliphatic hydroxyl groups is 1. The highest BCUT2D eigenvalue weighted by Gasteiger charge is 2.16. The van der Waals surface area contributed by atoms with Gasteiger partial charge in [0.05, 0.1) is 11.7 Å². The summed E-state index contributed by atoms with van der Waals surface area (Å²) in [5.74, 6) is -0.0917. The van der Waals surface area contributed by atoms with Crippen LogP contribution in [0.3, 0.4) is 0 Å². The highest BCUT2D eigenvalue weighted by Crippen LogP contribution is 2.20. The van der Waals surface area contributed by atoms with Gasteiger partial charge in [0, 0.05) is 18.7 Å². The minimum Gasteiger partial charge on any atom is -0.393 e. The van der Waals surface area contributed by atoms with E-state index in [4.69, 9.17) is 0 Å². The van der Waals surface area contributed by atoms with Crippen molar-refractivity contribution in [3.63, 3.8) is 0 Å². The molecule has 1 aromatic carbocycles. The van der Waals surface area contributed by atoms with Gasteiger partial charge in [-0.05, 0) is 31.0 Å². The number of fused-ring (bicyclic) bond motifs is 1. The van der Waals surface area contributed by atoms with Gasteiger partial charge < -0.3 is 10.4 Å². The molecule has 6 heteroatoms. The van der Waals surface area contributed by atoms with E-state index in [0.29, 0.717) is 24.2 Å². The first kappa shape index (κ1) is 16.1. The van der Waals surface area contributed by atoms with Crippen LogP contribution in [0.2, 0.25) is 0 Å². The van der Waals surface area contributed by atoms with E-state index in [0.717, 1.165) is 5.56 Å². The molecule has 0 bridgehead atoms. The predicted octanol–water partition coefficient (Wildman–Crippen LogP) is 2.01. The third-order valence-corrected chi connectivity index (χ3v) is 3.96. The van der Waals surface area contributed by atoms with Crippen LogP contribution < -0.4 is 5.32 Å². The molecule has 0 spiro atoms. The number of rotatable bonds is 6. The predicted molar refractivity (Wildman–Crippen MR) is 90.8 cm³/mol. The topological polar surface area (TPSA) is 79.5 Å². The molecule has 0 aliphatic carbocycles. The highest BCUT2D eigenvalue weighted by atomic mass is 16.3. The molecule has 3 aromatic rings. The molecule has 2 unspecified atom stereocenters. The molecule has 2 N–H and O–H groups in total. The van der Waals surface area contributed by atoms with E-state index in [9.17, 15) is 9.90 Å². The summed E-state index contributed by atoms with van der Waals surface area (Å²) >= 11 is 0. The Balaban J connectivity index is 1.70. The molecule has 3 rings (SSSR count). The van der Waals surface area contributed by atoms with Gasteiger partial charge in [-0.15, -0.1) is 10.2 Å². The van der Waals surface area contributed by atoms with Gasteiger partial charge >= 0.3 is 0 Å². The lowest BCUT2D eigenvalue weighted by atomic mass is 9.93. The summed E-state index contributed by atoms with van der Waals surface area (Å²) in [5, 5.41) is 20.4. The summed E-state index contributed by atoms with van der Waals surface area (Å²) in [6.45, 7) is 2.23. The fourth-order valence-corrected chi connectivity index (χ4v) is 2.75. The van der Waals surface area contributed by atoms with Gasteiger partial charge in [0.2, 0.25) is 0 Å². The Hall–Kier alpha value is -2.73. The monoisotopic (exact) mass is 324 g/mol. The third-order valence-electron chi connectivity index (χ3n) is 3.96. The SMILES string of the molecule is CC(O)CC(CNC(=O)c1ccc2nncn2c1)c1ccccc1. The lowest BCUT2D eigenvalue weighted by Gasteiger charge is -2.19. The molecular weight excluding hydrogens is 304 g/mol. The third kappa shape index (κ3) is 3.78. The standard InChI is InChI=1S/C18H20N4O2/c1-13(23)9-16(14-5-3-2-4-6-14)10-19-18(24)15-7-8-17-21-20-12-22(17)11-15/h2-8,11-13,16,23H,9-10H2,1H3,(H,19,24). The van der Waals surface area contributed by atoms with Crippen molar-refractivity contribution in [3.8, 4) is 0 Å². The number of benzene rings is 1. The average molecular weight is 324 g/mol. The number of amides is 1. The Labute approximate surface area is 140 Å². The largest absolute Gasteiger partial charge is 0.393 e. The van der Waals surface area contributed by atoms with E-state index in [2.05, 4.69) is 15.5 Å².